The molecule has 0 bridgehead atoms. The van der Waals surface area contributed by atoms with Gasteiger partial charge < -0.3 is 5.11 Å². The predicted octanol–water partition coefficient (Wildman–Crippen LogP) is 3.28. The van der Waals surface area contributed by atoms with Crippen LogP contribution in [-0.4, -0.2) is 17.1 Å². The molecule has 0 atom stereocenters. The Labute approximate surface area is 94.8 Å². The van der Waals surface area contributed by atoms with E-state index in [-0.39, 0.29) is 6.04 Å². The van der Waals surface area contributed by atoms with Crippen LogP contribution in [-0.2, 0) is 4.79 Å². The molecule has 16 heavy (non-hydrogen) atoms. The van der Waals surface area contributed by atoms with Crippen LogP contribution in [0.5, 0.6) is 0 Å². The zero-order valence-electron chi connectivity index (χ0n) is 9.46. The first kappa shape index (κ1) is 12.6. The Morgan fingerprint density at radius 3 is 2.62 bits per heavy atom. The van der Waals surface area contributed by atoms with Crippen LogP contribution < -0.4 is 0 Å². The molecule has 0 spiro atoms. The SMILES string of the molecule is CC(=CC[C@H]1CC[C@H](N=[N+]=[N-])CC1)C(=O)O. The van der Waals surface area contributed by atoms with Crippen molar-refractivity contribution in [2.75, 3.05) is 0 Å². The third-order valence-corrected chi connectivity index (χ3v) is 3.13. The van der Waals surface area contributed by atoms with Crippen molar-refractivity contribution in [2.45, 2.75) is 45.1 Å². The largest absolute Gasteiger partial charge is 0.478 e. The van der Waals surface area contributed by atoms with Gasteiger partial charge in [0.25, 0.3) is 0 Å². The average molecular weight is 223 g/mol. The molecule has 0 aromatic rings. The van der Waals surface area contributed by atoms with E-state index in [4.69, 9.17) is 10.6 Å². The van der Waals surface area contributed by atoms with Crippen molar-refractivity contribution < 1.29 is 9.90 Å². The fourth-order valence-corrected chi connectivity index (χ4v) is 2.00. The number of carboxylic acids is 1. The lowest BCUT2D eigenvalue weighted by Crippen LogP contribution is -2.16. The van der Waals surface area contributed by atoms with E-state index < -0.39 is 5.97 Å². The second kappa shape index (κ2) is 6.18. The molecule has 1 saturated carbocycles. The Morgan fingerprint density at radius 2 is 2.12 bits per heavy atom. The van der Waals surface area contributed by atoms with Gasteiger partial charge in [-0.25, -0.2) is 4.79 Å². The molecular weight excluding hydrogens is 206 g/mol. The van der Waals surface area contributed by atoms with E-state index in [0.29, 0.717) is 11.5 Å². The molecule has 1 aliphatic rings. The van der Waals surface area contributed by atoms with Crippen LogP contribution in [0.25, 0.3) is 10.4 Å². The van der Waals surface area contributed by atoms with Crippen LogP contribution in [0, 0.1) is 5.92 Å². The first-order chi connectivity index (χ1) is 7.63. The van der Waals surface area contributed by atoms with Gasteiger partial charge in [0, 0.05) is 16.5 Å². The second-order valence-electron chi connectivity index (χ2n) is 4.31. The first-order valence-corrected chi connectivity index (χ1v) is 5.57. The molecule has 5 heteroatoms. The number of azide groups is 1. The topological polar surface area (TPSA) is 86.1 Å². The van der Waals surface area contributed by atoms with Crippen LogP contribution in [0.3, 0.4) is 0 Å². The normalized spacial score (nSPS) is 25.9. The third kappa shape index (κ3) is 3.95. The van der Waals surface area contributed by atoms with Crippen molar-refractivity contribution in [3.05, 3.63) is 22.1 Å². The third-order valence-electron chi connectivity index (χ3n) is 3.13. The van der Waals surface area contributed by atoms with Gasteiger partial charge in [-0.05, 0) is 50.5 Å². The fraction of sp³-hybridized carbons (Fsp3) is 0.727. The Hall–Kier alpha value is -1.48. The summed E-state index contributed by atoms with van der Waals surface area (Å²) >= 11 is 0. The van der Waals surface area contributed by atoms with E-state index in [1.54, 1.807) is 13.0 Å². The summed E-state index contributed by atoms with van der Waals surface area (Å²) in [7, 11) is 0. The number of carboxylic acid groups (broad SMARTS) is 1. The zero-order valence-corrected chi connectivity index (χ0v) is 9.46. The van der Waals surface area contributed by atoms with E-state index in [1.165, 1.54) is 0 Å². The lowest BCUT2D eigenvalue weighted by atomic mass is 9.84. The molecule has 0 aromatic heterocycles. The van der Waals surface area contributed by atoms with E-state index in [9.17, 15) is 4.79 Å². The van der Waals surface area contributed by atoms with Crippen LogP contribution in [0.2, 0.25) is 0 Å². The number of nitrogens with zero attached hydrogens (tertiary/aromatic N) is 3. The summed E-state index contributed by atoms with van der Waals surface area (Å²) in [5.74, 6) is -0.304. The fourth-order valence-electron chi connectivity index (χ4n) is 2.00. The summed E-state index contributed by atoms with van der Waals surface area (Å²) in [6, 6.07) is 0.144. The van der Waals surface area contributed by atoms with E-state index in [2.05, 4.69) is 10.0 Å². The number of hydrogen-bond donors (Lipinski definition) is 1. The average Bonchev–Trinajstić information content (AvgIpc) is 2.28. The van der Waals surface area contributed by atoms with Crippen molar-refractivity contribution in [1.82, 2.24) is 0 Å². The lowest BCUT2D eigenvalue weighted by Gasteiger charge is -2.24. The van der Waals surface area contributed by atoms with Crippen LogP contribution in [0.1, 0.15) is 39.0 Å². The summed E-state index contributed by atoms with van der Waals surface area (Å²) < 4.78 is 0. The molecular formula is C11H17N3O2. The van der Waals surface area contributed by atoms with Gasteiger partial charge >= 0.3 is 5.97 Å². The number of aliphatic carboxylic acids is 1. The zero-order chi connectivity index (χ0) is 12.0. The maximum Gasteiger partial charge on any atom is 0.330 e. The molecule has 0 amide bonds. The predicted molar refractivity (Wildman–Crippen MR) is 60.9 cm³/mol. The molecule has 1 rings (SSSR count). The van der Waals surface area contributed by atoms with Gasteiger partial charge in [-0.15, -0.1) is 0 Å². The number of allylic oxidation sites excluding steroid dienone is 1. The van der Waals surface area contributed by atoms with E-state index >= 15 is 0 Å². The van der Waals surface area contributed by atoms with Crippen molar-refractivity contribution in [3.8, 4) is 0 Å². The van der Waals surface area contributed by atoms with Gasteiger partial charge in [0.05, 0.1) is 0 Å². The van der Waals surface area contributed by atoms with Crippen molar-refractivity contribution in [1.29, 1.82) is 0 Å². The van der Waals surface area contributed by atoms with Gasteiger partial charge in [-0.2, -0.15) is 0 Å². The molecule has 1 N–H and O–H groups in total. The van der Waals surface area contributed by atoms with Crippen molar-refractivity contribution in [2.24, 2.45) is 11.0 Å². The van der Waals surface area contributed by atoms with Gasteiger partial charge in [0.1, 0.15) is 0 Å². The Balaban J connectivity index is 2.35. The van der Waals surface area contributed by atoms with Crippen molar-refractivity contribution in [3.63, 3.8) is 0 Å². The van der Waals surface area contributed by atoms with Gasteiger partial charge in [-0.3, -0.25) is 0 Å². The highest BCUT2D eigenvalue weighted by molar-refractivity contribution is 5.85. The van der Waals surface area contributed by atoms with Gasteiger partial charge in [0.2, 0.25) is 0 Å². The highest BCUT2D eigenvalue weighted by Crippen LogP contribution is 2.29. The van der Waals surface area contributed by atoms with E-state index in [0.717, 1.165) is 32.1 Å². The maximum atomic E-state index is 10.6. The number of carbonyl (C=O) groups is 1. The number of rotatable bonds is 4. The molecule has 88 valence electrons. The quantitative estimate of drug-likeness (QED) is 0.343. The van der Waals surface area contributed by atoms with E-state index in [1.807, 2.05) is 0 Å². The second-order valence-corrected chi connectivity index (χ2v) is 4.31. The smallest absolute Gasteiger partial charge is 0.330 e. The summed E-state index contributed by atoms with van der Waals surface area (Å²) in [5.41, 5.74) is 8.72. The first-order valence-electron chi connectivity index (χ1n) is 5.57. The monoisotopic (exact) mass is 223 g/mol. The maximum absolute atomic E-state index is 10.6. The minimum Gasteiger partial charge on any atom is -0.478 e. The minimum absolute atomic E-state index is 0.144. The Kier molecular flexibility index (Phi) is 4.86. The Bertz CT molecular complexity index is 324. The van der Waals surface area contributed by atoms with Gasteiger partial charge in [-0.1, -0.05) is 11.2 Å². The molecule has 1 aliphatic carbocycles. The highest BCUT2D eigenvalue weighted by Gasteiger charge is 2.19. The molecule has 0 radical (unpaired) electrons. The van der Waals surface area contributed by atoms with Crippen molar-refractivity contribution >= 4 is 5.97 Å². The molecule has 0 unspecified atom stereocenters. The summed E-state index contributed by atoms with van der Waals surface area (Å²) in [6.07, 6.45) is 6.51. The standard InChI is InChI=1S/C11H17N3O2/c1-8(11(15)16)2-3-9-4-6-10(7-5-9)13-14-12/h2,9-10H,3-7H2,1H3,(H,15,16)/t9-,10-. The summed E-state index contributed by atoms with van der Waals surface area (Å²) in [5, 5.41) is 12.4. The van der Waals surface area contributed by atoms with Gasteiger partial charge in [0.15, 0.2) is 0 Å². The Morgan fingerprint density at radius 1 is 1.50 bits per heavy atom. The highest BCUT2D eigenvalue weighted by atomic mass is 16.4. The molecule has 0 aromatic carbocycles. The molecule has 0 saturated heterocycles. The summed E-state index contributed by atoms with van der Waals surface area (Å²) in [4.78, 5) is 13.4. The molecule has 5 nitrogen and oxygen atoms in total. The number of hydrogen-bond acceptors (Lipinski definition) is 2. The molecule has 0 heterocycles. The molecule has 0 aliphatic heterocycles. The van der Waals surface area contributed by atoms with Crippen LogP contribution in [0.4, 0.5) is 0 Å². The van der Waals surface area contributed by atoms with Crippen LogP contribution >= 0.6 is 0 Å². The van der Waals surface area contributed by atoms with Crippen LogP contribution in [0.15, 0.2) is 16.8 Å². The summed E-state index contributed by atoms with van der Waals surface area (Å²) in [6.45, 7) is 1.62. The molecule has 1 fully saturated rings. The lowest BCUT2D eigenvalue weighted by molar-refractivity contribution is -0.132. The minimum atomic E-state index is -0.845.